The minimum absolute atomic E-state index is 0.0341. The molecule has 0 spiro atoms. The number of aryl methyl sites for hydroxylation is 2. The maximum atomic E-state index is 13.2. The van der Waals surface area contributed by atoms with E-state index >= 15 is 0 Å². The van der Waals surface area contributed by atoms with Crippen LogP contribution in [0.2, 0.25) is 0 Å². The van der Waals surface area contributed by atoms with Crippen LogP contribution in [0.3, 0.4) is 0 Å². The molecular formula is C28H30N2O. The molecule has 4 aromatic rings. The van der Waals surface area contributed by atoms with Crippen molar-refractivity contribution in [1.82, 2.24) is 9.55 Å². The summed E-state index contributed by atoms with van der Waals surface area (Å²) in [6.45, 7) is 10.9. The second kappa shape index (κ2) is 8.14. The first-order valence-electron chi connectivity index (χ1n) is 11.1. The summed E-state index contributed by atoms with van der Waals surface area (Å²) in [5.41, 5.74) is 7.61. The number of carbonyl (C=O) groups excluding carboxylic acids is 1. The molecule has 0 N–H and O–H groups in total. The first-order valence-corrected chi connectivity index (χ1v) is 11.1. The van der Waals surface area contributed by atoms with Crippen LogP contribution in [-0.4, -0.2) is 15.5 Å². The van der Waals surface area contributed by atoms with Crippen molar-refractivity contribution in [3.63, 3.8) is 0 Å². The van der Waals surface area contributed by atoms with E-state index < -0.39 is 0 Å². The SMILES string of the molecule is CCc1cccc(CC)c1-c1cc2ccn(C(=O)c3ccc(C(C)(C)C)cc3)c2cn1. The van der Waals surface area contributed by atoms with Crippen LogP contribution in [0.15, 0.2) is 67.0 Å². The van der Waals surface area contributed by atoms with E-state index in [1.165, 1.54) is 22.3 Å². The van der Waals surface area contributed by atoms with Crippen molar-refractivity contribution in [3.8, 4) is 11.3 Å². The van der Waals surface area contributed by atoms with Gasteiger partial charge in [0.1, 0.15) is 0 Å². The molecule has 2 aromatic carbocycles. The van der Waals surface area contributed by atoms with Crippen molar-refractivity contribution in [2.24, 2.45) is 0 Å². The molecule has 3 heteroatoms. The van der Waals surface area contributed by atoms with Gasteiger partial charge in [0.05, 0.1) is 17.4 Å². The Morgan fingerprint density at radius 2 is 1.58 bits per heavy atom. The van der Waals surface area contributed by atoms with Crippen molar-refractivity contribution in [3.05, 3.63) is 89.2 Å². The maximum absolute atomic E-state index is 13.2. The van der Waals surface area contributed by atoms with E-state index in [1.807, 2.05) is 42.7 Å². The van der Waals surface area contributed by atoms with Gasteiger partial charge in [-0.2, -0.15) is 0 Å². The van der Waals surface area contributed by atoms with Crippen LogP contribution < -0.4 is 0 Å². The lowest BCUT2D eigenvalue weighted by molar-refractivity contribution is 0.0965. The smallest absolute Gasteiger partial charge is 0.262 e. The van der Waals surface area contributed by atoms with Crippen molar-refractivity contribution < 1.29 is 4.79 Å². The molecule has 2 heterocycles. The molecule has 31 heavy (non-hydrogen) atoms. The first kappa shape index (κ1) is 21.0. The molecule has 2 aromatic heterocycles. The summed E-state index contributed by atoms with van der Waals surface area (Å²) in [6.07, 6.45) is 5.61. The third-order valence-electron chi connectivity index (χ3n) is 6.05. The molecule has 158 valence electrons. The zero-order chi connectivity index (χ0) is 22.2. The van der Waals surface area contributed by atoms with Crippen LogP contribution in [0.4, 0.5) is 0 Å². The highest BCUT2D eigenvalue weighted by Crippen LogP contribution is 2.30. The molecule has 0 unspecified atom stereocenters. The fraction of sp³-hybridized carbons (Fsp3) is 0.286. The normalized spacial score (nSPS) is 11.8. The van der Waals surface area contributed by atoms with Crippen LogP contribution in [0.1, 0.15) is 61.7 Å². The van der Waals surface area contributed by atoms with Gasteiger partial charge in [0.15, 0.2) is 0 Å². The second-order valence-electron chi connectivity index (χ2n) is 9.10. The lowest BCUT2D eigenvalue weighted by Crippen LogP contribution is -2.13. The van der Waals surface area contributed by atoms with Gasteiger partial charge in [0.2, 0.25) is 0 Å². The van der Waals surface area contributed by atoms with Gasteiger partial charge in [-0.15, -0.1) is 0 Å². The Bertz CT molecular complexity index is 1220. The van der Waals surface area contributed by atoms with Gasteiger partial charge in [-0.3, -0.25) is 14.3 Å². The Balaban J connectivity index is 1.73. The van der Waals surface area contributed by atoms with E-state index in [9.17, 15) is 4.79 Å². The highest BCUT2D eigenvalue weighted by molar-refractivity contribution is 6.02. The fourth-order valence-electron chi connectivity index (χ4n) is 4.17. The molecule has 4 rings (SSSR count). The molecule has 0 bridgehead atoms. The van der Waals surface area contributed by atoms with Crippen molar-refractivity contribution in [2.45, 2.75) is 52.9 Å². The summed E-state index contributed by atoms with van der Waals surface area (Å²) in [6, 6.07) is 18.5. The summed E-state index contributed by atoms with van der Waals surface area (Å²) in [5, 5.41) is 1.03. The fourth-order valence-corrected chi connectivity index (χ4v) is 4.17. The number of nitrogens with zero attached hydrogens (tertiary/aromatic N) is 2. The Labute approximate surface area is 184 Å². The molecular weight excluding hydrogens is 380 g/mol. The summed E-state index contributed by atoms with van der Waals surface area (Å²) in [7, 11) is 0. The molecule has 0 radical (unpaired) electrons. The van der Waals surface area contributed by atoms with Crippen molar-refractivity contribution in [2.75, 3.05) is 0 Å². The van der Waals surface area contributed by atoms with E-state index in [2.05, 4.69) is 58.9 Å². The zero-order valence-corrected chi connectivity index (χ0v) is 19.1. The quantitative estimate of drug-likeness (QED) is 0.370. The third kappa shape index (κ3) is 3.93. The number of aromatic nitrogens is 2. The number of benzene rings is 2. The largest absolute Gasteiger partial charge is 0.282 e. The molecule has 0 fully saturated rings. The number of pyridine rings is 1. The Kier molecular flexibility index (Phi) is 5.53. The first-order chi connectivity index (χ1) is 14.8. The highest BCUT2D eigenvalue weighted by atomic mass is 16.2. The summed E-state index contributed by atoms with van der Waals surface area (Å²) in [4.78, 5) is 18.0. The monoisotopic (exact) mass is 410 g/mol. The molecule has 0 amide bonds. The van der Waals surface area contributed by atoms with Gasteiger partial charge < -0.3 is 0 Å². The predicted octanol–water partition coefficient (Wildman–Crippen LogP) is 6.81. The van der Waals surface area contributed by atoms with Gasteiger partial charge in [0.25, 0.3) is 5.91 Å². The summed E-state index contributed by atoms with van der Waals surface area (Å²) in [5.74, 6) is -0.0341. The van der Waals surface area contributed by atoms with Gasteiger partial charge >= 0.3 is 0 Å². The molecule has 0 aliphatic carbocycles. The number of fused-ring (bicyclic) bond motifs is 1. The van der Waals surface area contributed by atoms with Crippen LogP contribution in [0.5, 0.6) is 0 Å². The topological polar surface area (TPSA) is 34.9 Å². The van der Waals surface area contributed by atoms with Gasteiger partial charge in [0, 0.05) is 22.7 Å². The Hall–Kier alpha value is -3.20. The average molecular weight is 411 g/mol. The van der Waals surface area contributed by atoms with E-state index in [0.29, 0.717) is 5.56 Å². The van der Waals surface area contributed by atoms with E-state index in [0.717, 1.165) is 29.4 Å². The minimum Gasteiger partial charge on any atom is -0.282 e. The van der Waals surface area contributed by atoms with Crippen LogP contribution in [0.25, 0.3) is 22.2 Å². The lowest BCUT2D eigenvalue weighted by Gasteiger charge is -2.19. The number of hydrogen-bond donors (Lipinski definition) is 0. The van der Waals surface area contributed by atoms with E-state index in [4.69, 9.17) is 4.98 Å². The minimum atomic E-state index is -0.0341. The van der Waals surface area contributed by atoms with Crippen molar-refractivity contribution in [1.29, 1.82) is 0 Å². The third-order valence-corrected chi connectivity index (χ3v) is 6.05. The van der Waals surface area contributed by atoms with Gasteiger partial charge in [-0.1, -0.05) is 65.0 Å². The summed E-state index contributed by atoms with van der Waals surface area (Å²) >= 11 is 0. The zero-order valence-electron chi connectivity index (χ0n) is 19.1. The Morgan fingerprint density at radius 1 is 0.935 bits per heavy atom. The standard InChI is InChI=1S/C28H30N2O/c1-6-19-9-8-10-20(7-2)26(19)24-17-22-15-16-30(25(22)18-29-24)27(31)21-11-13-23(14-12-21)28(3,4)5/h8-18H,6-7H2,1-5H3. The second-order valence-corrected chi connectivity index (χ2v) is 9.10. The molecule has 3 nitrogen and oxygen atoms in total. The molecule has 0 saturated carbocycles. The van der Waals surface area contributed by atoms with Crippen molar-refractivity contribution >= 4 is 16.8 Å². The number of carbonyl (C=O) groups is 1. The number of rotatable bonds is 4. The average Bonchev–Trinajstić information content (AvgIpc) is 3.20. The van der Waals surface area contributed by atoms with Crippen LogP contribution in [0, 0.1) is 0 Å². The number of hydrogen-bond acceptors (Lipinski definition) is 2. The molecule has 0 atom stereocenters. The van der Waals surface area contributed by atoms with E-state index in [1.54, 1.807) is 4.57 Å². The molecule has 0 aliphatic rings. The van der Waals surface area contributed by atoms with Crippen LogP contribution >= 0.6 is 0 Å². The molecule has 0 saturated heterocycles. The highest BCUT2D eigenvalue weighted by Gasteiger charge is 2.17. The predicted molar refractivity (Wildman–Crippen MR) is 129 cm³/mol. The van der Waals surface area contributed by atoms with Gasteiger partial charge in [-0.25, -0.2) is 0 Å². The molecule has 0 aliphatic heterocycles. The van der Waals surface area contributed by atoms with E-state index in [-0.39, 0.29) is 11.3 Å². The van der Waals surface area contributed by atoms with Crippen LogP contribution in [-0.2, 0) is 18.3 Å². The summed E-state index contributed by atoms with van der Waals surface area (Å²) < 4.78 is 1.70. The maximum Gasteiger partial charge on any atom is 0.262 e. The lowest BCUT2D eigenvalue weighted by atomic mass is 9.87. The Morgan fingerprint density at radius 3 is 2.16 bits per heavy atom. The van der Waals surface area contributed by atoms with Gasteiger partial charge in [-0.05, 0) is 59.2 Å².